The van der Waals surface area contributed by atoms with Crippen LogP contribution in [0.3, 0.4) is 0 Å². The van der Waals surface area contributed by atoms with Crippen LogP contribution in [0.2, 0.25) is 0 Å². The van der Waals surface area contributed by atoms with E-state index in [1.807, 2.05) is 18.7 Å². The maximum absolute atomic E-state index is 11.6. The van der Waals surface area contributed by atoms with Gasteiger partial charge in [-0.05, 0) is 19.9 Å². The first-order chi connectivity index (χ1) is 7.72. The SMILES string of the molecule is CCN1C(=O)CC(Oc2ncccn2)C1C. The van der Waals surface area contributed by atoms with Crippen LogP contribution >= 0.6 is 0 Å². The van der Waals surface area contributed by atoms with Crippen molar-refractivity contribution in [2.45, 2.75) is 32.4 Å². The Balaban J connectivity index is 2.05. The van der Waals surface area contributed by atoms with Crippen molar-refractivity contribution in [2.75, 3.05) is 6.54 Å². The minimum absolute atomic E-state index is 0.0845. The Morgan fingerprint density at radius 3 is 2.75 bits per heavy atom. The number of ether oxygens (including phenoxy) is 1. The van der Waals surface area contributed by atoms with Crippen molar-refractivity contribution in [3.63, 3.8) is 0 Å². The second kappa shape index (κ2) is 4.47. The topological polar surface area (TPSA) is 55.3 Å². The van der Waals surface area contributed by atoms with Gasteiger partial charge in [-0.2, -0.15) is 0 Å². The van der Waals surface area contributed by atoms with E-state index in [1.54, 1.807) is 18.5 Å². The first-order valence-corrected chi connectivity index (χ1v) is 5.45. The van der Waals surface area contributed by atoms with Crippen molar-refractivity contribution >= 4 is 5.91 Å². The van der Waals surface area contributed by atoms with Gasteiger partial charge in [-0.1, -0.05) is 0 Å². The van der Waals surface area contributed by atoms with Gasteiger partial charge in [0.1, 0.15) is 6.10 Å². The summed E-state index contributed by atoms with van der Waals surface area (Å²) in [6.45, 7) is 4.67. The molecule has 16 heavy (non-hydrogen) atoms. The zero-order valence-electron chi connectivity index (χ0n) is 9.46. The van der Waals surface area contributed by atoms with E-state index >= 15 is 0 Å². The van der Waals surface area contributed by atoms with Gasteiger partial charge in [-0.3, -0.25) is 4.79 Å². The lowest BCUT2D eigenvalue weighted by molar-refractivity contribution is -0.128. The molecular formula is C11H15N3O2. The molecular weight excluding hydrogens is 206 g/mol. The van der Waals surface area contributed by atoms with Crippen LogP contribution < -0.4 is 4.74 Å². The predicted octanol–water partition coefficient (Wildman–Crippen LogP) is 0.865. The van der Waals surface area contributed by atoms with Crippen LogP contribution in [0.25, 0.3) is 0 Å². The molecule has 1 aliphatic rings. The third-order valence-electron chi connectivity index (χ3n) is 2.87. The summed E-state index contributed by atoms with van der Waals surface area (Å²) in [4.78, 5) is 21.4. The lowest BCUT2D eigenvalue weighted by atomic mass is 10.2. The van der Waals surface area contributed by atoms with Crippen LogP contribution in [0.5, 0.6) is 6.01 Å². The van der Waals surface area contributed by atoms with Gasteiger partial charge in [0.25, 0.3) is 0 Å². The van der Waals surface area contributed by atoms with E-state index in [0.717, 1.165) is 6.54 Å². The molecule has 0 spiro atoms. The van der Waals surface area contributed by atoms with Gasteiger partial charge >= 0.3 is 6.01 Å². The lowest BCUT2D eigenvalue weighted by Crippen LogP contribution is -2.36. The molecule has 2 heterocycles. The summed E-state index contributed by atoms with van der Waals surface area (Å²) >= 11 is 0. The van der Waals surface area contributed by atoms with Gasteiger partial charge in [-0.25, -0.2) is 9.97 Å². The molecule has 0 N–H and O–H groups in total. The first-order valence-electron chi connectivity index (χ1n) is 5.45. The number of likely N-dealkylation sites (tertiary alicyclic amines) is 1. The highest BCUT2D eigenvalue weighted by molar-refractivity contribution is 5.79. The van der Waals surface area contributed by atoms with Crippen LogP contribution in [0.15, 0.2) is 18.5 Å². The van der Waals surface area contributed by atoms with Crippen molar-refractivity contribution in [1.29, 1.82) is 0 Å². The fourth-order valence-electron chi connectivity index (χ4n) is 1.97. The van der Waals surface area contributed by atoms with Crippen molar-refractivity contribution in [3.8, 4) is 6.01 Å². The van der Waals surface area contributed by atoms with E-state index in [1.165, 1.54) is 0 Å². The van der Waals surface area contributed by atoms with Crippen molar-refractivity contribution in [2.24, 2.45) is 0 Å². The van der Waals surface area contributed by atoms with Gasteiger partial charge < -0.3 is 9.64 Å². The molecule has 2 rings (SSSR count). The quantitative estimate of drug-likeness (QED) is 0.759. The molecule has 1 aromatic rings. The molecule has 2 unspecified atom stereocenters. The molecule has 86 valence electrons. The standard InChI is InChI=1S/C11H15N3O2/c1-3-14-8(2)9(7-10(14)15)16-11-12-5-4-6-13-11/h4-6,8-9H,3,7H2,1-2H3. The number of likely N-dealkylation sites (N-methyl/N-ethyl adjacent to an activating group) is 1. The molecule has 0 aromatic carbocycles. The third-order valence-corrected chi connectivity index (χ3v) is 2.87. The number of rotatable bonds is 3. The van der Waals surface area contributed by atoms with E-state index in [9.17, 15) is 4.79 Å². The van der Waals surface area contributed by atoms with Crippen molar-refractivity contribution in [1.82, 2.24) is 14.9 Å². The summed E-state index contributed by atoms with van der Waals surface area (Å²) in [5.74, 6) is 0.135. The molecule has 5 heteroatoms. The van der Waals surface area contributed by atoms with Gasteiger partial charge in [-0.15, -0.1) is 0 Å². The lowest BCUT2D eigenvalue weighted by Gasteiger charge is -2.22. The smallest absolute Gasteiger partial charge is 0.316 e. The number of carbonyl (C=O) groups excluding carboxylic acids is 1. The van der Waals surface area contributed by atoms with Crippen molar-refractivity contribution < 1.29 is 9.53 Å². The number of carbonyl (C=O) groups is 1. The Hall–Kier alpha value is -1.65. The summed E-state index contributed by atoms with van der Waals surface area (Å²) in [5.41, 5.74) is 0. The third kappa shape index (κ3) is 1.98. The summed E-state index contributed by atoms with van der Waals surface area (Å²) in [5, 5.41) is 0. The Bertz CT molecular complexity index is 369. The average molecular weight is 221 g/mol. The number of aromatic nitrogens is 2. The zero-order chi connectivity index (χ0) is 11.5. The predicted molar refractivity (Wildman–Crippen MR) is 57.9 cm³/mol. The normalized spacial score (nSPS) is 24.9. The minimum Gasteiger partial charge on any atom is -0.457 e. The molecule has 0 saturated carbocycles. The van der Waals surface area contributed by atoms with Crippen LogP contribution in [0.1, 0.15) is 20.3 Å². The van der Waals surface area contributed by atoms with Gasteiger partial charge in [0.2, 0.25) is 5.91 Å². The Morgan fingerprint density at radius 1 is 1.50 bits per heavy atom. The van der Waals surface area contributed by atoms with E-state index in [-0.39, 0.29) is 18.1 Å². The molecule has 5 nitrogen and oxygen atoms in total. The monoisotopic (exact) mass is 221 g/mol. The van der Waals surface area contributed by atoms with E-state index < -0.39 is 0 Å². The molecule has 1 saturated heterocycles. The summed E-state index contributed by atoms with van der Waals surface area (Å²) in [6, 6.07) is 2.15. The Kier molecular flexibility index (Phi) is 3.03. The fourth-order valence-corrected chi connectivity index (χ4v) is 1.97. The van der Waals surface area contributed by atoms with Gasteiger partial charge in [0.05, 0.1) is 12.5 Å². The van der Waals surface area contributed by atoms with Crippen LogP contribution in [0, 0.1) is 0 Å². The maximum atomic E-state index is 11.6. The molecule has 0 aliphatic carbocycles. The molecule has 1 fully saturated rings. The number of amides is 1. The summed E-state index contributed by atoms with van der Waals surface area (Å²) in [7, 11) is 0. The van der Waals surface area contributed by atoms with Crippen molar-refractivity contribution in [3.05, 3.63) is 18.5 Å². The van der Waals surface area contributed by atoms with E-state index in [4.69, 9.17) is 4.74 Å². The highest BCUT2D eigenvalue weighted by Crippen LogP contribution is 2.22. The molecule has 1 aromatic heterocycles. The fraction of sp³-hybridized carbons (Fsp3) is 0.545. The van der Waals surface area contributed by atoms with Gasteiger partial charge in [0.15, 0.2) is 0 Å². The molecule has 1 amide bonds. The Labute approximate surface area is 94.5 Å². The van der Waals surface area contributed by atoms with E-state index in [0.29, 0.717) is 12.4 Å². The van der Waals surface area contributed by atoms with Crippen LogP contribution in [-0.4, -0.2) is 39.5 Å². The molecule has 0 radical (unpaired) electrons. The molecule has 0 bridgehead atoms. The number of hydrogen-bond donors (Lipinski definition) is 0. The largest absolute Gasteiger partial charge is 0.457 e. The Morgan fingerprint density at radius 2 is 2.19 bits per heavy atom. The molecule has 1 aliphatic heterocycles. The van der Waals surface area contributed by atoms with E-state index in [2.05, 4.69) is 9.97 Å². The summed E-state index contributed by atoms with van der Waals surface area (Å²) < 4.78 is 5.61. The first kappa shape index (κ1) is 10.9. The number of hydrogen-bond acceptors (Lipinski definition) is 4. The second-order valence-electron chi connectivity index (χ2n) is 3.81. The average Bonchev–Trinajstić information content (AvgIpc) is 2.55. The van der Waals surface area contributed by atoms with Gasteiger partial charge in [0, 0.05) is 18.9 Å². The number of nitrogens with zero attached hydrogens (tertiary/aromatic N) is 3. The van der Waals surface area contributed by atoms with Crippen LogP contribution in [-0.2, 0) is 4.79 Å². The zero-order valence-corrected chi connectivity index (χ0v) is 9.46. The minimum atomic E-state index is -0.144. The highest BCUT2D eigenvalue weighted by Gasteiger charge is 2.37. The summed E-state index contributed by atoms with van der Waals surface area (Å²) in [6.07, 6.45) is 3.52. The maximum Gasteiger partial charge on any atom is 0.316 e. The van der Waals surface area contributed by atoms with Crippen LogP contribution in [0.4, 0.5) is 0 Å². The second-order valence-corrected chi connectivity index (χ2v) is 3.81. The molecule has 2 atom stereocenters. The highest BCUT2D eigenvalue weighted by atomic mass is 16.5.